The number of nitrogens with one attached hydrogen (secondary N) is 1. The quantitative estimate of drug-likeness (QED) is 0.568. The van der Waals surface area contributed by atoms with Crippen LogP contribution < -0.4 is 10.1 Å². The molecule has 0 saturated heterocycles. The minimum atomic E-state index is -0.567. The topological polar surface area (TPSA) is 41.5 Å². The average molecular weight is 420 g/mol. The Kier molecular flexibility index (Phi) is 6.17. The Hall–Kier alpha value is 0.280. The fourth-order valence-electron chi connectivity index (χ4n) is 1.18. The van der Waals surface area contributed by atoms with Crippen molar-refractivity contribution >= 4 is 55.8 Å². The second-order valence-electron chi connectivity index (χ2n) is 3.16. The number of aliphatic hydroxyl groups excluding tert-OH is 1. The van der Waals surface area contributed by atoms with Crippen molar-refractivity contribution in [2.75, 3.05) is 24.9 Å². The van der Waals surface area contributed by atoms with Crippen LogP contribution in [0, 0.1) is 3.57 Å². The highest BCUT2D eigenvalue weighted by molar-refractivity contribution is 14.1. The highest BCUT2D eigenvalue weighted by atomic mass is 127. The lowest BCUT2D eigenvalue weighted by Crippen LogP contribution is -2.21. The van der Waals surface area contributed by atoms with E-state index in [4.69, 9.17) is 16.3 Å². The molecule has 1 rings (SSSR count). The number of anilines is 1. The van der Waals surface area contributed by atoms with Gasteiger partial charge in [-0.05, 0) is 34.7 Å². The lowest BCUT2D eigenvalue weighted by molar-refractivity contribution is 0.211. The summed E-state index contributed by atoms with van der Waals surface area (Å²) < 4.78 is 7.25. The van der Waals surface area contributed by atoms with Crippen LogP contribution in [-0.2, 0) is 0 Å². The third-order valence-corrected chi connectivity index (χ3v) is 3.53. The largest absolute Gasteiger partial charge is 0.493 e. The number of methoxy groups -OCH3 is 1. The fourth-order valence-corrected chi connectivity index (χ4v) is 3.02. The fraction of sp³-hybridized carbons (Fsp3) is 0.400. The minimum Gasteiger partial charge on any atom is -0.493 e. The van der Waals surface area contributed by atoms with E-state index in [0.29, 0.717) is 6.54 Å². The molecular weight excluding hydrogens is 408 g/mol. The van der Waals surface area contributed by atoms with Crippen LogP contribution in [0.5, 0.6) is 5.75 Å². The van der Waals surface area contributed by atoms with Crippen LogP contribution in [0.2, 0.25) is 0 Å². The molecule has 2 N–H and O–H groups in total. The van der Waals surface area contributed by atoms with Crippen LogP contribution >= 0.6 is 50.1 Å². The molecule has 0 fully saturated rings. The zero-order valence-corrected chi connectivity index (χ0v) is 13.1. The lowest BCUT2D eigenvalue weighted by atomic mass is 10.3. The first-order chi connectivity index (χ1) is 7.58. The van der Waals surface area contributed by atoms with Crippen molar-refractivity contribution in [1.29, 1.82) is 0 Å². The van der Waals surface area contributed by atoms with Gasteiger partial charge in [-0.3, -0.25) is 0 Å². The third-order valence-electron chi connectivity index (χ3n) is 1.92. The summed E-state index contributed by atoms with van der Waals surface area (Å²) in [6.45, 7) is 0.395. The van der Waals surface area contributed by atoms with Gasteiger partial charge in [-0.15, -0.1) is 11.6 Å². The Labute approximate surface area is 122 Å². The van der Waals surface area contributed by atoms with Gasteiger partial charge >= 0.3 is 0 Å². The van der Waals surface area contributed by atoms with Crippen molar-refractivity contribution in [3.05, 3.63) is 20.2 Å². The summed E-state index contributed by atoms with van der Waals surface area (Å²) >= 11 is 11.1. The molecule has 1 unspecified atom stereocenters. The molecule has 1 aromatic carbocycles. The Morgan fingerprint density at radius 3 is 2.88 bits per heavy atom. The maximum Gasteiger partial charge on any atom is 0.155 e. The Bertz CT molecular complexity index is 365. The van der Waals surface area contributed by atoms with Gasteiger partial charge in [-0.2, -0.15) is 0 Å². The normalized spacial score (nSPS) is 12.3. The molecule has 1 atom stereocenters. The van der Waals surface area contributed by atoms with Crippen molar-refractivity contribution in [3.8, 4) is 5.75 Å². The molecule has 0 aliphatic rings. The zero-order valence-electron chi connectivity index (χ0n) is 8.64. The summed E-state index contributed by atoms with van der Waals surface area (Å²) in [6, 6.07) is 3.87. The molecule has 16 heavy (non-hydrogen) atoms. The van der Waals surface area contributed by atoms with E-state index < -0.39 is 6.10 Å². The number of aliphatic hydroxyl groups is 1. The summed E-state index contributed by atoms with van der Waals surface area (Å²) in [5.41, 5.74) is 0.838. The highest BCUT2D eigenvalue weighted by Gasteiger charge is 2.10. The van der Waals surface area contributed by atoms with Crippen molar-refractivity contribution in [1.82, 2.24) is 0 Å². The van der Waals surface area contributed by atoms with Crippen LogP contribution in [0.15, 0.2) is 16.6 Å². The highest BCUT2D eigenvalue weighted by Crippen LogP contribution is 2.33. The number of benzene rings is 1. The minimum absolute atomic E-state index is 0.209. The zero-order chi connectivity index (χ0) is 12.1. The van der Waals surface area contributed by atoms with E-state index in [-0.39, 0.29) is 5.88 Å². The van der Waals surface area contributed by atoms with Crippen molar-refractivity contribution in [2.45, 2.75) is 6.10 Å². The second kappa shape index (κ2) is 6.88. The lowest BCUT2D eigenvalue weighted by Gasteiger charge is -2.15. The van der Waals surface area contributed by atoms with Gasteiger partial charge in [0.1, 0.15) is 0 Å². The molecule has 6 heteroatoms. The van der Waals surface area contributed by atoms with Crippen molar-refractivity contribution < 1.29 is 9.84 Å². The number of rotatable bonds is 5. The molecular formula is C10H12BrClINO2. The molecule has 0 aromatic heterocycles. The van der Waals surface area contributed by atoms with Gasteiger partial charge in [0.2, 0.25) is 0 Å². The molecule has 1 aromatic rings. The summed E-state index contributed by atoms with van der Waals surface area (Å²) in [5.74, 6) is 0.978. The Morgan fingerprint density at radius 2 is 2.31 bits per heavy atom. The summed E-state index contributed by atoms with van der Waals surface area (Å²) in [6.07, 6.45) is -0.567. The molecule has 0 bridgehead atoms. The van der Waals surface area contributed by atoms with Gasteiger partial charge < -0.3 is 15.2 Å². The standard InChI is InChI=1S/C10H12BrClINO2/c1-16-10-8(13)2-6(11)3-9(10)14-5-7(15)4-12/h2-3,7,14-15H,4-5H2,1H3. The van der Waals surface area contributed by atoms with Crippen LogP contribution in [0.4, 0.5) is 5.69 Å². The maximum absolute atomic E-state index is 9.37. The number of halogens is 3. The smallest absolute Gasteiger partial charge is 0.155 e. The maximum atomic E-state index is 9.37. The van der Waals surface area contributed by atoms with Gasteiger partial charge in [0.15, 0.2) is 5.75 Å². The summed E-state index contributed by atoms with van der Waals surface area (Å²) in [7, 11) is 1.62. The van der Waals surface area contributed by atoms with Gasteiger partial charge in [-0.25, -0.2) is 0 Å². The van der Waals surface area contributed by atoms with Crippen LogP contribution in [0.3, 0.4) is 0 Å². The van der Waals surface area contributed by atoms with Crippen LogP contribution in [-0.4, -0.2) is 30.7 Å². The predicted octanol–water partition coefficient (Wildman–Crippen LogP) is 3.07. The average Bonchev–Trinajstić information content (AvgIpc) is 2.25. The Balaban J connectivity index is 2.85. The van der Waals surface area contributed by atoms with E-state index >= 15 is 0 Å². The van der Waals surface area contributed by atoms with E-state index in [0.717, 1.165) is 19.5 Å². The Morgan fingerprint density at radius 1 is 1.62 bits per heavy atom. The van der Waals surface area contributed by atoms with E-state index in [1.54, 1.807) is 7.11 Å². The number of ether oxygens (including phenoxy) is 1. The van der Waals surface area contributed by atoms with Gasteiger partial charge in [-0.1, -0.05) is 15.9 Å². The first kappa shape index (κ1) is 14.3. The summed E-state index contributed by atoms with van der Waals surface area (Å²) in [4.78, 5) is 0. The first-order valence-electron chi connectivity index (χ1n) is 4.59. The molecule has 0 aliphatic heterocycles. The number of hydrogen-bond acceptors (Lipinski definition) is 3. The summed E-state index contributed by atoms with van der Waals surface area (Å²) in [5, 5.41) is 12.5. The van der Waals surface area contributed by atoms with E-state index in [9.17, 15) is 5.11 Å². The van der Waals surface area contributed by atoms with E-state index in [1.165, 1.54) is 0 Å². The SMILES string of the molecule is COc1c(I)cc(Br)cc1NCC(O)CCl. The molecule has 3 nitrogen and oxygen atoms in total. The monoisotopic (exact) mass is 419 g/mol. The molecule has 0 radical (unpaired) electrons. The van der Waals surface area contributed by atoms with Crippen LogP contribution in [0.1, 0.15) is 0 Å². The van der Waals surface area contributed by atoms with Gasteiger partial charge in [0, 0.05) is 11.0 Å². The number of hydrogen-bond donors (Lipinski definition) is 2. The molecule has 0 saturated carbocycles. The molecule has 0 heterocycles. The van der Waals surface area contributed by atoms with Crippen molar-refractivity contribution in [3.63, 3.8) is 0 Å². The molecule has 0 spiro atoms. The predicted molar refractivity (Wildman–Crippen MR) is 78.6 cm³/mol. The second-order valence-corrected chi connectivity index (χ2v) is 5.54. The van der Waals surface area contributed by atoms with Gasteiger partial charge in [0.25, 0.3) is 0 Å². The third kappa shape index (κ3) is 3.94. The van der Waals surface area contributed by atoms with E-state index in [1.807, 2.05) is 12.1 Å². The van der Waals surface area contributed by atoms with Gasteiger partial charge in [0.05, 0.1) is 28.4 Å². The van der Waals surface area contributed by atoms with E-state index in [2.05, 4.69) is 43.8 Å². The molecule has 0 aliphatic carbocycles. The number of alkyl halides is 1. The molecule has 90 valence electrons. The van der Waals surface area contributed by atoms with Crippen LogP contribution in [0.25, 0.3) is 0 Å². The molecule has 0 amide bonds. The van der Waals surface area contributed by atoms with Crippen molar-refractivity contribution in [2.24, 2.45) is 0 Å². The first-order valence-corrected chi connectivity index (χ1v) is 7.00.